The summed E-state index contributed by atoms with van der Waals surface area (Å²) < 4.78 is 26.5. The minimum absolute atomic E-state index is 0. The van der Waals surface area contributed by atoms with Crippen LogP contribution >= 0.6 is 35.3 Å². The van der Waals surface area contributed by atoms with E-state index in [-0.39, 0.29) is 24.0 Å². The van der Waals surface area contributed by atoms with Crippen molar-refractivity contribution < 1.29 is 8.78 Å². The third-order valence-corrected chi connectivity index (χ3v) is 6.19. The number of nitrogens with zero attached hydrogens (tertiary/aromatic N) is 2. The van der Waals surface area contributed by atoms with Crippen LogP contribution in [-0.4, -0.2) is 43.6 Å². The molecule has 166 valence electrons. The van der Waals surface area contributed by atoms with Gasteiger partial charge in [0.2, 0.25) is 0 Å². The minimum atomic E-state index is -0.791. The molecule has 1 aromatic carbocycles. The van der Waals surface area contributed by atoms with E-state index in [1.165, 1.54) is 17.0 Å². The van der Waals surface area contributed by atoms with Gasteiger partial charge in [-0.25, -0.2) is 8.78 Å². The zero-order chi connectivity index (χ0) is 20.6. The van der Waals surface area contributed by atoms with E-state index in [0.29, 0.717) is 18.5 Å². The number of thiophene rings is 1. The van der Waals surface area contributed by atoms with Crippen LogP contribution in [0.15, 0.2) is 40.7 Å². The van der Waals surface area contributed by atoms with Crippen molar-refractivity contribution in [2.24, 2.45) is 10.9 Å². The molecule has 0 aliphatic carbocycles. The molecule has 0 radical (unpaired) electrons. The Morgan fingerprint density at radius 2 is 2.00 bits per heavy atom. The molecule has 2 heterocycles. The number of guanidine groups is 1. The Balaban J connectivity index is 0.00000320. The van der Waals surface area contributed by atoms with Crippen molar-refractivity contribution >= 4 is 41.3 Å². The van der Waals surface area contributed by atoms with Crippen LogP contribution in [0.1, 0.15) is 30.2 Å². The van der Waals surface area contributed by atoms with E-state index in [1.54, 1.807) is 24.5 Å². The van der Waals surface area contributed by atoms with E-state index >= 15 is 0 Å². The molecule has 0 saturated carbocycles. The van der Waals surface area contributed by atoms with Crippen LogP contribution in [0, 0.1) is 17.6 Å². The van der Waals surface area contributed by atoms with Crippen molar-refractivity contribution in [2.45, 2.75) is 38.8 Å². The monoisotopic (exact) mass is 548 g/mol. The summed E-state index contributed by atoms with van der Waals surface area (Å²) in [4.78, 5) is 8.06. The summed E-state index contributed by atoms with van der Waals surface area (Å²) in [7, 11) is 1.80. The number of rotatable bonds is 7. The SMILES string of the molecule is CN=C(NCC(C)Cc1cccs1)NC1CCN(Cc2ccc(F)c(F)c2)CC1.I. The number of hydrogen-bond acceptors (Lipinski definition) is 3. The van der Waals surface area contributed by atoms with E-state index < -0.39 is 11.6 Å². The zero-order valence-electron chi connectivity index (χ0n) is 17.5. The topological polar surface area (TPSA) is 39.7 Å². The summed E-state index contributed by atoms with van der Waals surface area (Å²) >= 11 is 1.80. The summed E-state index contributed by atoms with van der Waals surface area (Å²) in [5.41, 5.74) is 0.813. The van der Waals surface area contributed by atoms with Gasteiger partial charge in [0.15, 0.2) is 17.6 Å². The first kappa shape index (κ1) is 25.0. The first-order valence-electron chi connectivity index (χ1n) is 10.2. The fraction of sp³-hybridized carbons (Fsp3) is 0.500. The Hall–Kier alpha value is -1.26. The van der Waals surface area contributed by atoms with Crippen molar-refractivity contribution in [1.29, 1.82) is 0 Å². The lowest BCUT2D eigenvalue weighted by molar-refractivity contribution is 0.198. The molecule has 2 N–H and O–H groups in total. The Labute approximate surface area is 199 Å². The number of piperidine rings is 1. The highest BCUT2D eigenvalue weighted by Gasteiger charge is 2.20. The van der Waals surface area contributed by atoms with Crippen LogP contribution in [0.25, 0.3) is 0 Å². The number of likely N-dealkylation sites (tertiary alicyclic amines) is 1. The van der Waals surface area contributed by atoms with Gasteiger partial charge >= 0.3 is 0 Å². The van der Waals surface area contributed by atoms with E-state index in [4.69, 9.17) is 0 Å². The Morgan fingerprint density at radius 1 is 1.23 bits per heavy atom. The van der Waals surface area contributed by atoms with Crippen LogP contribution in [-0.2, 0) is 13.0 Å². The Bertz CT molecular complexity index is 792. The largest absolute Gasteiger partial charge is 0.356 e. The maximum absolute atomic E-state index is 13.4. The standard InChI is InChI=1S/C22H30F2N4S.HI/c1-16(12-19-4-3-11-29-19)14-26-22(25-2)27-18-7-9-28(10-8-18)15-17-5-6-20(23)21(24)13-17;/h3-6,11,13,16,18H,7-10,12,14-15H2,1-2H3,(H2,25,26,27);1H. The summed E-state index contributed by atoms with van der Waals surface area (Å²) in [6.07, 6.45) is 3.06. The average molecular weight is 548 g/mol. The van der Waals surface area contributed by atoms with Crippen LogP contribution in [0.4, 0.5) is 8.78 Å². The van der Waals surface area contributed by atoms with Gasteiger partial charge in [-0.3, -0.25) is 9.89 Å². The molecule has 0 amide bonds. The zero-order valence-corrected chi connectivity index (χ0v) is 20.7. The van der Waals surface area contributed by atoms with E-state index in [2.05, 4.69) is 45.0 Å². The third kappa shape index (κ3) is 7.77. The lowest BCUT2D eigenvalue weighted by atomic mass is 10.0. The third-order valence-electron chi connectivity index (χ3n) is 5.29. The van der Waals surface area contributed by atoms with E-state index in [1.807, 2.05) is 0 Å². The number of benzene rings is 1. The van der Waals surface area contributed by atoms with E-state index in [9.17, 15) is 8.78 Å². The van der Waals surface area contributed by atoms with Gasteiger partial charge in [-0.15, -0.1) is 35.3 Å². The number of halogens is 3. The van der Waals surface area contributed by atoms with Crippen LogP contribution in [0.2, 0.25) is 0 Å². The van der Waals surface area contributed by atoms with Gasteiger partial charge in [0.1, 0.15) is 0 Å². The van der Waals surface area contributed by atoms with Gasteiger partial charge in [-0.2, -0.15) is 0 Å². The molecule has 1 atom stereocenters. The lowest BCUT2D eigenvalue weighted by Gasteiger charge is -2.33. The van der Waals surface area contributed by atoms with Crippen molar-refractivity contribution in [3.05, 3.63) is 57.8 Å². The molecule has 8 heteroatoms. The van der Waals surface area contributed by atoms with Crippen molar-refractivity contribution in [2.75, 3.05) is 26.7 Å². The molecule has 1 unspecified atom stereocenters. The summed E-state index contributed by atoms with van der Waals surface area (Å²) in [5.74, 6) is -0.185. The second kappa shape index (κ2) is 12.6. The molecule has 1 aliphatic heterocycles. The maximum Gasteiger partial charge on any atom is 0.191 e. The average Bonchev–Trinajstić information content (AvgIpc) is 3.22. The van der Waals surface area contributed by atoms with E-state index in [0.717, 1.165) is 50.4 Å². The molecule has 4 nitrogen and oxygen atoms in total. The smallest absolute Gasteiger partial charge is 0.191 e. The molecule has 1 saturated heterocycles. The van der Waals surface area contributed by atoms with Gasteiger partial charge in [0.25, 0.3) is 0 Å². The predicted octanol–water partition coefficient (Wildman–Crippen LogP) is 4.65. The highest BCUT2D eigenvalue weighted by molar-refractivity contribution is 14.0. The molecule has 30 heavy (non-hydrogen) atoms. The quantitative estimate of drug-likeness (QED) is 0.301. The number of aliphatic imine (C=N–C) groups is 1. The second-order valence-corrected chi connectivity index (χ2v) is 8.82. The summed E-state index contributed by atoms with van der Waals surface area (Å²) in [5, 5.41) is 9.09. The highest BCUT2D eigenvalue weighted by Crippen LogP contribution is 2.16. The fourth-order valence-corrected chi connectivity index (χ4v) is 4.50. The number of hydrogen-bond donors (Lipinski definition) is 2. The van der Waals surface area contributed by atoms with Crippen molar-refractivity contribution in [1.82, 2.24) is 15.5 Å². The second-order valence-electron chi connectivity index (χ2n) is 7.78. The van der Waals surface area contributed by atoms with Crippen molar-refractivity contribution in [3.63, 3.8) is 0 Å². The molecular formula is C22H31F2IN4S. The summed E-state index contributed by atoms with van der Waals surface area (Å²) in [6.45, 7) is 5.62. The maximum atomic E-state index is 13.4. The van der Waals surface area contributed by atoms with Crippen molar-refractivity contribution in [3.8, 4) is 0 Å². The molecule has 1 fully saturated rings. The molecule has 0 spiro atoms. The minimum Gasteiger partial charge on any atom is -0.356 e. The van der Waals surface area contributed by atoms with Crippen LogP contribution in [0.5, 0.6) is 0 Å². The first-order chi connectivity index (χ1) is 14.0. The molecule has 3 rings (SSSR count). The van der Waals surface area contributed by atoms with Gasteiger partial charge in [-0.1, -0.05) is 19.1 Å². The summed E-state index contributed by atoms with van der Waals surface area (Å²) in [6, 6.07) is 8.81. The lowest BCUT2D eigenvalue weighted by Crippen LogP contribution is -2.49. The molecule has 0 bridgehead atoms. The number of nitrogens with one attached hydrogen (secondary N) is 2. The molecule has 1 aliphatic rings. The van der Waals surface area contributed by atoms with Crippen LogP contribution < -0.4 is 10.6 Å². The predicted molar refractivity (Wildman–Crippen MR) is 132 cm³/mol. The van der Waals surface area contributed by atoms with Gasteiger partial charge < -0.3 is 10.6 Å². The molecular weight excluding hydrogens is 517 g/mol. The normalized spacial score (nSPS) is 16.7. The van der Waals surface area contributed by atoms with Gasteiger partial charge in [0.05, 0.1) is 0 Å². The van der Waals surface area contributed by atoms with Crippen LogP contribution in [0.3, 0.4) is 0 Å². The molecule has 2 aromatic rings. The first-order valence-corrected chi connectivity index (χ1v) is 11.1. The van der Waals surface area contributed by atoms with Gasteiger partial charge in [-0.05, 0) is 54.3 Å². The van der Waals surface area contributed by atoms with Gasteiger partial charge in [0, 0.05) is 44.1 Å². The fourth-order valence-electron chi connectivity index (χ4n) is 3.63. The highest BCUT2D eigenvalue weighted by atomic mass is 127. The Morgan fingerprint density at radius 3 is 2.63 bits per heavy atom. The Kier molecular flexibility index (Phi) is 10.5. The molecule has 1 aromatic heterocycles.